The number of nitrogens with zero attached hydrogens (tertiary/aromatic N) is 1. The van der Waals surface area contributed by atoms with Gasteiger partial charge in [0.15, 0.2) is 0 Å². The van der Waals surface area contributed by atoms with Gasteiger partial charge in [0.25, 0.3) is 0 Å². The number of halogens is 1. The molecule has 0 aliphatic carbocycles. The number of amides is 1. The van der Waals surface area contributed by atoms with E-state index in [4.69, 9.17) is 0 Å². The summed E-state index contributed by atoms with van der Waals surface area (Å²) in [5, 5.41) is 6.06. The van der Waals surface area contributed by atoms with Crippen molar-refractivity contribution in [3.05, 3.63) is 35.1 Å². The molecular weight excluding hydrogens is 257 g/mol. The van der Waals surface area contributed by atoms with Gasteiger partial charge in [0.2, 0.25) is 5.91 Å². The molecule has 0 aromatic heterocycles. The maximum atomic E-state index is 13.4. The molecule has 4 nitrogen and oxygen atoms in total. The van der Waals surface area contributed by atoms with E-state index in [1.807, 2.05) is 13.1 Å². The molecule has 0 spiro atoms. The van der Waals surface area contributed by atoms with Crippen molar-refractivity contribution in [3.63, 3.8) is 0 Å². The van der Waals surface area contributed by atoms with E-state index in [1.165, 1.54) is 6.07 Å². The molecule has 1 aromatic carbocycles. The van der Waals surface area contributed by atoms with Crippen LogP contribution in [0.15, 0.2) is 18.2 Å². The summed E-state index contributed by atoms with van der Waals surface area (Å²) in [7, 11) is 1.94. The molecule has 0 saturated carbocycles. The molecule has 1 aliphatic heterocycles. The van der Waals surface area contributed by atoms with Gasteiger partial charge >= 0.3 is 0 Å². The second-order valence-corrected chi connectivity index (χ2v) is 5.37. The predicted molar refractivity (Wildman–Crippen MR) is 76.9 cm³/mol. The van der Waals surface area contributed by atoms with Crippen LogP contribution in [0, 0.1) is 12.7 Å². The Morgan fingerprint density at radius 1 is 1.50 bits per heavy atom. The van der Waals surface area contributed by atoms with Crippen molar-refractivity contribution in [3.8, 4) is 0 Å². The van der Waals surface area contributed by atoms with E-state index in [0.717, 1.165) is 25.1 Å². The van der Waals surface area contributed by atoms with Gasteiger partial charge in [-0.2, -0.15) is 0 Å². The van der Waals surface area contributed by atoms with Crippen LogP contribution in [-0.4, -0.2) is 43.5 Å². The molecule has 0 bridgehead atoms. The fraction of sp³-hybridized carbons (Fsp3) is 0.533. The Morgan fingerprint density at radius 3 is 2.95 bits per heavy atom. The third-order valence-electron chi connectivity index (χ3n) is 3.77. The molecule has 1 aromatic rings. The van der Waals surface area contributed by atoms with Crippen molar-refractivity contribution in [1.82, 2.24) is 15.5 Å². The maximum Gasteiger partial charge on any atom is 0.234 e. The highest BCUT2D eigenvalue weighted by molar-refractivity contribution is 5.78. The molecule has 5 heteroatoms. The largest absolute Gasteiger partial charge is 0.351 e. The normalized spacial score (nSPS) is 19.2. The number of hydrogen-bond donors (Lipinski definition) is 2. The second kappa shape index (κ2) is 6.81. The number of carbonyl (C=O) groups is 1. The Kier molecular flexibility index (Phi) is 5.09. The van der Waals surface area contributed by atoms with Crippen LogP contribution in [0.1, 0.15) is 17.5 Å². The van der Waals surface area contributed by atoms with E-state index in [1.54, 1.807) is 13.0 Å². The first kappa shape index (κ1) is 14.9. The number of likely N-dealkylation sites (tertiary alicyclic amines) is 1. The Bertz CT molecular complexity index is 478. The van der Waals surface area contributed by atoms with Crippen LogP contribution in [-0.2, 0) is 11.3 Å². The number of aryl methyl sites for hydroxylation is 1. The van der Waals surface area contributed by atoms with Gasteiger partial charge in [-0.05, 0) is 37.6 Å². The van der Waals surface area contributed by atoms with Crippen molar-refractivity contribution in [2.24, 2.45) is 0 Å². The minimum atomic E-state index is -0.229. The lowest BCUT2D eigenvalue weighted by Crippen LogP contribution is -2.37. The molecule has 2 rings (SSSR count). The third kappa shape index (κ3) is 4.02. The summed E-state index contributed by atoms with van der Waals surface area (Å²) in [6.45, 7) is 4.36. The molecule has 1 heterocycles. The second-order valence-electron chi connectivity index (χ2n) is 5.37. The summed E-state index contributed by atoms with van der Waals surface area (Å²) < 4.78 is 13.4. The van der Waals surface area contributed by atoms with Crippen molar-refractivity contribution in [2.75, 3.05) is 26.7 Å². The molecule has 1 atom stereocenters. The fourth-order valence-electron chi connectivity index (χ4n) is 2.42. The zero-order valence-corrected chi connectivity index (χ0v) is 12.1. The highest BCUT2D eigenvalue weighted by atomic mass is 19.1. The van der Waals surface area contributed by atoms with E-state index in [2.05, 4.69) is 15.5 Å². The molecule has 1 unspecified atom stereocenters. The van der Waals surface area contributed by atoms with Gasteiger partial charge in [0.1, 0.15) is 5.82 Å². The number of carbonyl (C=O) groups excluding carboxylic acids is 1. The first-order chi connectivity index (χ1) is 9.58. The summed E-state index contributed by atoms with van der Waals surface area (Å²) in [6, 6.07) is 5.53. The highest BCUT2D eigenvalue weighted by Gasteiger charge is 2.22. The summed E-state index contributed by atoms with van der Waals surface area (Å²) >= 11 is 0. The molecule has 1 saturated heterocycles. The lowest BCUT2D eigenvalue weighted by atomic mass is 10.1. The van der Waals surface area contributed by atoms with Crippen LogP contribution in [0.5, 0.6) is 0 Å². The molecule has 1 fully saturated rings. The molecule has 0 radical (unpaired) electrons. The summed E-state index contributed by atoms with van der Waals surface area (Å²) in [6.07, 6.45) is 1.08. The van der Waals surface area contributed by atoms with Crippen molar-refractivity contribution < 1.29 is 9.18 Å². The van der Waals surface area contributed by atoms with Gasteiger partial charge in [0, 0.05) is 25.7 Å². The van der Waals surface area contributed by atoms with E-state index in [-0.39, 0.29) is 11.7 Å². The van der Waals surface area contributed by atoms with Crippen molar-refractivity contribution >= 4 is 5.91 Å². The van der Waals surface area contributed by atoms with Crippen molar-refractivity contribution in [1.29, 1.82) is 0 Å². The van der Waals surface area contributed by atoms with Crippen LogP contribution in [0.2, 0.25) is 0 Å². The Morgan fingerprint density at radius 2 is 2.30 bits per heavy atom. The average molecular weight is 279 g/mol. The molecule has 110 valence electrons. The van der Waals surface area contributed by atoms with Crippen LogP contribution in [0.25, 0.3) is 0 Å². The third-order valence-corrected chi connectivity index (χ3v) is 3.77. The van der Waals surface area contributed by atoms with E-state index < -0.39 is 0 Å². The number of nitrogens with one attached hydrogen (secondary N) is 2. The van der Waals surface area contributed by atoms with Gasteiger partial charge < -0.3 is 10.6 Å². The molecule has 1 aliphatic rings. The molecule has 1 amide bonds. The van der Waals surface area contributed by atoms with Crippen LogP contribution in [0.4, 0.5) is 4.39 Å². The Labute approximate surface area is 119 Å². The van der Waals surface area contributed by atoms with E-state index >= 15 is 0 Å². The lowest BCUT2D eigenvalue weighted by Gasteiger charge is -2.15. The zero-order valence-electron chi connectivity index (χ0n) is 12.1. The Balaban J connectivity index is 1.76. The molecule has 2 N–H and O–H groups in total. The highest BCUT2D eigenvalue weighted by Crippen LogP contribution is 2.10. The van der Waals surface area contributed by atoms with Gasteiger partial charge in [-0.1, -0.05) is 12.1 Å². The van der Waals surface area contributed by atoms with Crippen molar-refractivity contribution in [2.45, 2.75) is 25.9 Å². The fourth-order valence-corrected chi connectivity index (χ4v) is 2.42. The number of hydrogen-bond acceptors (Lipinski definition) is 3. The van der Waals surface area contributed by atoms with Gasteiger partial charge in [-0.15, -0.1) is 0 Å². The first-order valence-electron chi connectivity index (χ1n) is 7.00. The monoisotopic (exact) mass is 279 g/mol. The van der Waals surface area contributed by atoms with Gasteiger partial charge in [0.05, 0.1) is 6.54 Å². The van der Waals surface area contributed by atoms with E-state index in [0.29, 0.717) is 24.7 Å². The SMILES string of the molecule is CNC1CCN(CC(=O)NCc2ccc(C)c(F)c2)C1. The van der Waals surface area contributed by atoms with Crippen LogP contribution in [0.3, 0.4) is 0 Å². The topological polar surface area (TPSA) is 44.4 Å². The standard InChI is InChI=1S/C15H22FN3O/c1-11-3-4-12(7-14(11)16)8-18-15(20)10-19-6-5-13(9-19)17-2/h3-4,7,13,17H,5-6,8-10H2,1-2H3,(H,18,20). The minimum absolute atomic E-state index is 0.0114. The minimum Gasteiger partial charge on any atom is -0.351 e. The average Bonchev–Trinajstić information content (AvgIpc) is 2.88. The molecule has 20 heavy (non-hydrogen) atoms. The molecular formula is C15H22FN3O. The lowest BCUT2D eigenvalue weighted by molar-refractivity contribution is -0.122. The maximum absolute atomic E-state index is 13.4. The summed E-state index contributed by atoms with van der Waals surface area (Å²) in [5.41, 5.74) is 1.41. The van der Waals surface area contributed by atoms with Crippen LogP contribution < -0.4 is 10.6 Å². The predicted octanol–water partition coefficient (Wildman–Crippen LogP) is 1.04. The van der Waals surface area contributed by atoms with Crippen LogP contribution >= 0.6 is 0 Å². The van der Waals surface area contributed by atoms with Gasteiger partial charge in [-0.3, -0.25) is 9.69 Å². The van der Waals surface area contributed by atoms with E-state index in [9.17, 15) is 9.18 Å². The number of rotatable bonds is 5. The van der Waals surface area contributed by atoms with Gasteiger partial charge in [-0.25, -0.2) is 4.39 Å². The number of benzene rings is 1. The smallest absolute Gasteiger partial charge is 0.234 e. The Hall–Kier alpha value is -1.46. The zero-order chi connectivity index (χ0) is 14.5. The summed E-state index contributed by atoms with van der Waals surface area (Å²) in [5.74, 6) is -0.240. The number of likely N-dealkylation sites (N-methyl/N-ethyl adjacent to an activating group) is 1. The summed E-state index contributed by atoms with van der Waals surface area (Å²) in [4.78, 5) is 14.0. The quantitative estimate of drug-likeness (QED) is 0.846. The first-order valence-corrected chi connectivity index (χ1v) is 7.00.